The maximum atomic E-state index is 13.3. The first-order valence-corrected chi connectivity index (χ1v) is 4.78. The molecule has 0 aliphatic carbocycles. The van der Waals surface area contributed by atoms with Crippen molar-refractivity contribution < 1.29 is 13.9 Å². The van der Waals surface area contributed by atoms with E-state index in [1.807, 2.05) is 0 Å². The van der Waals surface area contributed by atoms with Gasteiger partial charge in [0.25, 0.3) is 5.56 Å². The van der Waals surface area contributed by atoms with Crippen molar-refractivity contribution in [1.82, 2.24) is 9.97 Å². The van der Waals surface area contributed by atoms with E-state index in [-0.39, 0.29) is 17.8 Å². The minimum Gasteiger partial charge on any atom is -0.493 e. The molecule has 0 spiro atoms. The molecule has 6 heteroatoms. The summed E-state index contributed by atoms with van der Waals surface area (Å²) in [6.07, 6.45) is -0.0320. The predicted octanol–water partition coefficient (Wildman–Crippen LogP) is 1.34. The number of aromatic nitrogens is 2. The number of nitrogens with zero attached hydrogens (tertiary/aromatic N) is 1. The molecule has 0 saturated heterocycles. The van der Waals surface area contributed by atoms with Gasteiger partial charge in [-0.3, -0.25) is 4.79 Å². The molecule has 0 radical (unpaired) electrons. The van der Waals surface area contributed by atoms with Crippen LogP contribution in [0, 0.1) is 11.6 Å². The molecule has 1 aromatic heterocycles. The van der Waals surface area contributed by atoms with Crippen molar-refractivity contribution in [3.05, 3.63) is 57.6 Å². The first-order chi connectivity index (χ1) is 8.04. The molecule has 0 fully saturated rings. The number of H-pyrrole nitrogens is 1. The standard InChI is InChI=1S/C11H8F2N2O2/c12-7-2-1-6(8(13)4-7)3-9-14-10(16)5-11(17)15-9/h1-2,4-5H,3H2,(H2,14,15,16,17). The molecule has 2 N–H and O–H groups in total. The number of halogens is 2. The summed E-state index contributed by atoms with van der Waals surface area (Å²) in [5.74, 6) is -1.73. The van der Waals surface area contributed by atoms with Crippen LogP contribution in [0.5, 0.6) is 5.88 Å². The average Bonchev–Trinajstić information content (AvgIpc) is 2.21. The van der Waals surface area contributed by atoms with E-state index in [4.69, 9.17) is 5.11 Å². The summed E-state index contributed by atoms with van der Waals surface area (Å²) < 4.78 is 26.0. The number of rotatable bonds is 2. The monoisotopic (exact) mass is 238 g/mol. The number of nitrogens with one attached hydrogen (secondary N) is 1. The highest BCUT2D eigenvalue weighted by atomic mass is 19.1. The van der Waals surface area contributed by atoms with E-state index in [0.717, 1.165) is 18.2 Å². The molecule has 0 aliphatic heterocycles. The number of aromatic amines is 1. The molecule has 0 bridgehead atoms. The Balaban J connectivity index is 2.34. The lowest BCUT2D eigenvalue weighted by Gasteiger charge is -2.03. The Morgan fingerprint density at radius 3 is 2.71 bits per heavy atom. The van der Waals surface area contributed by atoms with E-state index >= 15 is 0 Å². The highest BCUT2D eigenvalue weighted by Gasteiger charge is 2.07. The first-order valence-electron chi connectivity index (χ1n) is 4.78. The fraction of sp³-hybridized carbons (Fsp3) is 0.0909. The molecule has 2 aromatic rings. The Morgan fingerprint density at radius 2 is 2.06 bits per heavy atom. The molecule has 0 saturated carbocycles. The summed E-state index contributed by atoms with van der Waals surface area (Å²) in [6.45, 7) is 0. The lowest BCUT2D eigenvalue weighted by Crippen LogP contribution is -2.10. The summed E-state index contributed by atoms with van der Waals surface area (Å²) in [5.41, 5.74) is -0.352. The van der Waals surface area contributed by atoms with E-state index < -0.39 is 23.1 Å². The van der Waals surface area contributed by atoms with Gasteiger partial charge >= 0.3 is 0 Å². The van der Waals surface area contributed by atoms with E-state index in [1.54, 1.807) is 0 Å². The second kappa shape index (κ2) is 4.32. The molecule has 2 rings (SSSR count). The van der Waals surface area contributed by atoms with Gasteiger partial charge in [0.1, 0.15) is 17.5 Å². The van der Waals surface area contributed by atoms with Crippen LogP contribution in [0.25, 0.3) is 0 Å². The van der Waals surface area contributed by atoms with Gasteiger partial charge in [-0.25, -0.2) is 8.78 Å². The van der Waals surface area contributed by atoms with Gasteiger partial charge in [0.15, 0.2) is 0 Å². The van der Waals surface area contributed by atoms with Gasteiger partial charge in [0.2, 0.25) is 5.88 Å². The van der Waals surface area contributed by atoms with Gasteiger partial charge in [-0.1, -0.05) is 6.07 Å². The fourth-order valence-corrected chi connectivity index (χ4v) is 1.42. The van der Waals surface area contributed by atoms with Crippen molar-refractivity contribution in [2.75, 3.05) is 0 Å². The second-order valence-electron chi connectivity index (χ2n) is 3.46. The molecule has 1 heterocycles. The van der Waals surface area contributed by atoms with E-state index in [1.165, 1.54) is 6.07 Å². The van der Waals surface area contributed by atoms with Crippen LogP contribution in [0.3, 0.4) is 0 Å². The Bertz CT molecular complexity index is 611. The first kappa shape index (κ1) is 11.3. The lowest BCUT2D eigenvalue weighted by molar-refractivity contribution is 0.448. The molecule has 4 nitrogen and oxygen atoms in total. The lowest BCUT2D eigenvalue weighted by atomic mass is 10.1. The van der Waals surface area contributed by atoms with Crippen molar-refractivity contribution in [2.24, 2.45) is 0 Å². The van der Waals surface area contributed by atoms with Crippen molar-refractivity contribution in [3.63, 3.8) is 0 Å². The van der Waals surface area contributed by atoms with Crippen LogP contribution in [0.1, 0.15) is 11.4 Å². The Morgan fingerprint density at radius 1 is 1.29 bits per heavy atom. The number of aromatic hydroxyl groups is 1. The van der Waals surface area contributed by atoms with Crippen molar-refractivity contribution in [3.8, 4) is 5.88 Å². The molecular formula is C11H8F2N2O2. The van der Waals surface area contributed by atoms with Crippen molar-refractivity contribution in [1.29, 1.82) is 0 Å². The van der Waals surface area contributed by atoms with Crippen LogP contribution in [0.15, 0.2) is 29.1 Å². The quantitative estimate of drug-likeness (QED) is 0.829. The third-order valence-electron chi connectivity index (χ3n) is 2.15. The third-order valence-corrected chi connectivity index (χ3v) is 2.15. The molecule has 1 aromatic carbocycles. The van der Waals surface area contributed by atoms with Gasteiger partial charge in [-0.15, -0.1) is 0 Å². The van der Waals surface area contributed by atoms with Gasteiger partial charge in [0, 0.05) is 12.5 Å². The fourth-order valence-electron chi connectivity index (χ4n) is 1.42. The Kier molecular flexibility index (Phi) is 2.86. The van der Waals surface area contributed by atoms with Gasteiger partial charge in [-0.2, -0.15) is 4.98 Å². The predicted molar refractivity (Wildman–Crippen MR) is 55.7 cm³/mol. The molecule has 0 amide bonds. The van der Waals surface area contributed by atoms with Crippen LogP contribution >= 0.6 is 0 Å². The highest BCUT2D eigenvalue weighted by Crippen LogP contribution is 2.12. The zero-order valence-electron chi connectivity index (χ0n) is 8.58. The minimum absolute atomic E-state index is 0.0320. The van der Waals surface area contributed by atoms with E-state index in [2.05, 4.69) is 9.97 Å². The summed E-state index contributed by atoms with van der Waals surface area (Å²) in [5, 5.41) is 9.10. The topological polar surface area (TPSA) is 66.0 Å². The second-order valence-corrected chi connectivity index (χ2v) is 3.46. The van der Waals surface area contributed by atoms with Crippen LogP contribution in [0.4, 0.5) is 8.78 Å². The molecule has 0 unspecified atom stereocenters. The SMILES string of the molecule is O=c1cc(O)nc(Cc2ccc(F)cc2F)[nH]1. The van der Waals surface area contributed by atoms with Gasteiger partial charge in [0.05, 0.1) is 6.07 Å². The molecule has 88 valence electrons. The Labute approximate surface area is 94.6 Å². The smallest absolute Gasteiger partial charge is 0.254 e. The van der Waals surface area contributed by atoms with Crippen LogP contribution < -0.4 is 5.56 Å². The summed E-state index contributed by atoms with van der Waals surface area (Å²) >= 11 is 0. The third kappa shape index (κ3) is 2.66. The number of hydrogen-bond donors (Lipinski definition) is 2. The normalized spacial score (nSPS) is 10.5. The molecule has 0 atom stereocenters. The van der Waals surface area contributed by atoms with Crippen LogP contribution in [-0.2, 0) is 6.42 Å². The zero-order valence-corrected chi connectivity index (χ0v) is 8.58. The average molecular weight is 238 g/mol. The highest BCUT2D eigenvalue weighted by molar-refractivity contribution is 5.22. The van der Waals surface area contributed by atoms with Crippen LogP contribution in [0.2, 0.25) is 0 Å². The minimum atomic E-state index is -0.726. The maximum absolute atomic E-state index is 13.3. The number of benzene rings is 1. The molecule has 0 aliphatic rings. The largest absolute Gasteiger partial charge is 0.493 e. The molecular weight excluding hydrogens is 230 g/mol. The van der Waals surface area contributed by atoms with E-state index in [0.29, 0.717) is 0 Å². The van der Waals surface area contributed by atoms with Gasteiger partial charge in [-0.05, 0) is 11.6 Å². The Hall–Kier alpha value is -2.24. The van der Waals surface area contributed by atoms with E-state index in [9.17, 15) is 13.6 Å². The molecule has 17 heavy (non-hydrogen) atoms. The number of hydrogen-bond acceptors (Lipinski definition) is 3. The van der Waals surface area contributed by atoms with Crippen LogP contribution in [-0.4, -0.2) is 15.1 Å². The summed E-state index contributed by atoms with van der Waals surface area (Å²) in [7, 11) is 0. The maximum Gasteiger partial charge on any atom is 0.254 e. The zero-order chi connectivity index (χ0) is 12.4. The van der Waals surface area contributed by atoms with Crippen molar-refractivity contribution in [2.45, 2.75) is 6.42 Å². The van der Waals surface area contributed by atoms with Crippen molar-refractivity contribution >= 4 is 0 Å². The van der Waals surface area contributed by atoms with Gasteiger partial charge < -0.3 is 10.1 Å². The summed E-state index contributed by atoms with van der Waals surface area (Å²) in [4.78, 5) is 17.0. The summed E-state index contributed by atoms with van der Waals surface area (Å²) in [6, 6.07) is 4.02.